The molecule has 3 heterocycles. The maximum absolute atomic E-state index is 13.3. The molecule has 1 aliphatic rings. The van der Waals surface area contributed by atoms with Crippen molar-refractivity contribution in [3.63, 3.8) is 0 Å². The molecule has 3 atom stereocenters. The van der Waals surface area contributed by atoms with Gasteiger partial charge >= 0.3 is 5.97 Å². The maximum Gasteiger partial charge on any atom is 0.322 e. The van der Waals surface area contributed by atoms with Gasteiger partial charge in [0.15, 0.2) is 0 Å². The molecule has 40 heavy (non-hydrogen) atoms. The molecule has 0 radical (unpaired) electrons. The van der Waals surface area contributed by atoms with Gasteiger partial charge in [-0.3, -0.25) is 34.2 Å². The van der Waals surface area contributed by atoms with E-state index in [4.69, 9.17) is 0 Å². The molecular weight excluding hydrogens is 512 g/mol. The first-order valence-electron chi connectivity index (χ1n) is 13.7. The minimum absolute atomic E-state index is 0.252. The highest BCUT2D eigenvalue weighted by Crippen LogP contribution is 2.22. The lowest BCUT2D eigenvalue weighted by Crippen LogP contribution is -2.61. The van der Waals surface area contributed by atoms with Crippen molar-refractivity contribution in [1.82, 2.24) is 31.0 Å². The summed E-state index contributed by atoms with van der Waals surface area (Å²) >= 11 is 0. The molecule has 0 spiro atoms. The van der Waals surface area contributed by atoms with Crippen LogP contribution in [-0.4, -0.2) is 68.4 Å². The molecule has 3 rings (SSSR count). The molecule has 2 aromatic rings. The Bertz CT molecular complexity index is 1290. The Labute approximate surface area is 234 Å². The number of carboxylic acid groups (broad SMARTS) is 1. The summed E-state index contributed by atoms with van der Waals surface area (Å²) in [5.41, 5.74) is 4.34. The fourth-order valence-corrected chi connectivity index (χ4v) is 4.33. The Morgan fingerprint density at radius 3 is 2.52 bits per heavy atom. The average Bonchev–Trinajstić information content (AvgIpc) is 2.93. The molecule has 0 bridgehead atoms. The second-order valence-corrected chi connectivity index (χ2v) is 11.1. The molecule has 3 amide bonds. The minimum atomic E-state index is -1.03. The van der Waals surface area contributed by atoms with Crippen molar-refractivity contribution >= 4 is 40.7 Å². The van der Waals surface area contributed by atoms with Crippen molar-refractivity contribution in [3.8, 4) is 0 Å². The van der Waals surface area contributed by atoms with Gasteiger partial charge in [-0.1, -0.05) is 26.8 Å². The zero-order valence-electron chi connectivity index (χ0n) is 24.0. The number of carbonyl (C=O) groups excluding carboxylic acids is 3. The number of nitrogens with zero attached hydrogens (tertiary/aromatic N) is 3. The zero-order chi connectivity index (χ0) is 29.6. The van der Waals surface area contributed by atoms with Gasteiger partial charge < -0.3 is 15.7 Å². The highest BCUT2D eigenvalue weighted by atomic mass is 16.4. The van der Waals surface area contributed by atoms with E-state index in [0.717, 1.165) is 22.9 Å². The Morgan fingerprint density at radius 2 is 1.88 bits per heavy atom. The van der Waals surface area contributed by atoms with Crippen LogP contribution in [0.3, 0.4) is 0 Å². The quantitative estimate of drug-likeness (QED) is 0.351. The largest absolute Gasteiger partial charge is 0.480 e. The van der Waals surface area contributed by atoms with Crippen molar-refractivity contribution in [3.05, 3.63) is 41.9 Å². The molecule has 2 aromatic heterocycles. The van der Waals surface area contributed by atoms with Crippen LogP contribution in [0.4, 0.5) is 0 Å². The minimum Gasteiger partial charge on any atom is -0.480 e. The third-order valence-electron chi connectivity index (χ3n) is 7.02. The smallest absolute Gasteiger partial charge is 0.322 e. The normalized spacial score (nSPS) is 17.6. The number of pyridine rings is 2. The van der Waals surface area contributed by atoms with Crippen molar-refractivity contribution < 1.29 is 24.3 Å². The van der Waals surface area contributed by atoms with E-state index in [-0.39, 0.29) is 11.8 Å². The van der Waals surface area contributed by atoms with Crippen LogP contribution in [0, 0.1) is 11.3 Å². The number of fused-ring (bicyclic) bond motifs is 1. The van der Waals surface area contributed by atoms with E-state index >= 15 is 0 Å². The van der Waals surface area contributed by atoms with E-state index in [9.17, 15) is 24.3 Å². The van der Waals surface area contributed by atoms with Gasteiger partial charge in [-0.05, 0) is 69.7 Å². The molecule has 3 unspecified atom stereocenters. The van der Waals surface area contributed by atoms with Gasteiger partial charge in [0, 0.05) is 18.1 Å². The number of nitrogens with one attached hydrogen (secondary N) is 3. The summed E-state index contributed by atoms with van der Waals surface area (Å²) in [6.07, 6.45) is 8.89. The van der Waals surface area contributed by atoms with E-state index in [2.05, 4.69) is 39.0 Å². The zero-order valence-corrected chi connectivity index (χ0v) is 24.0. The van der Waals surface area contributed by atoms with Gasteiger partial charge in [0.05, 0.1) is 22.8 Å². The monoisotopic (exact) mass is 552 g/mol. The molecule has 1 aliphatic heterocycles. The molecule has 11 heteroatoms. The topological polar surface area (TPSA) is 154 Å². The molecule has 0 aliphatic carbocycles. The van der Waals surface area contributed by atoms with Crippen molar-refractivity contribution in [2.24, 2.45) is 11.3 Å². The number of aryl methyl sites for hydroxylation is 1. The summed E-state index contributed by atoms with van der Waals surface area (Å²) in [6.45, 7) is 11.1. The van der Waals surface area contributed by atoms with E-state index in [0.29, 0.717) is 25.1 Å². The number of carboxylic acids is 1. The van der Waals surface area contributed by atoms with Gasteiger partial charge in [0.1, 0.15) is 18.1 Å². The highest BCUT2D eigenvalue weighted by Gasteiger charge is 2.34. The molecule has 1 fully saturated rings. The summed E-state index contributed by atoms with van der Waals surface area (Å²) in [5, 5.41) is 17.0. The van der Waals surface area contributed by atoms with E-state index in [1.165, 1.54) is 11.9 Å². The van der Waals surface area contributed by atoms with Gasteiger partial charge in [-0.25, -0.2) is 5.43 Å². The van der Waals surface area contributed by atoms with Crippen LogP contribution in [0.25, 0.3) is 17.0 Å². The fourth-order valence-electron chi connectivity index (χ4n) is 4.33. The number of hydrazine groups is 1. The number of amides is 3. The predicted molar refractivity (Wildman–Crippen MR) is 152 cm³/mol. The second kappa shape index (κ2) is 13.0. The van der Waals surface area contributed by atoms with E-state index < -0.39 is 41.3 Å². The Hall–Kier alpha value is -3.86. The predicted octanol–water partition coefficient (Wildman–Crippen LogP) is 2.46. The SMILES string of the molecule is CCc1cnc2cnc(C=CC(C)(C)C(=O)NC(C(=O)NC(C)C(=O)N3CCCC(C(=O)O)N3)C(C)C)cc2c1. The molecule has 0 aromatic carbocycles. The number of aromatic nitrogens is 2. The maximum atomic E-state index is 13.3. The summed E-state index contributed by atoms with van der Waals surface area (Å²) < 4.78 is 0. The summed E-state index contributed by atoms with van der Waals surface area (Å²) in [5.74, 6) is -2.58. The lowest BCUT2D eigenvalue weighted by atomic mass is 9.90. The van der Waals surface area contributed by atoms with Crippen LogP contribution < -0.4 is 16.1 Å². The lowest BCUT2D eigenvalue weighted by Gasteiger charge is -2.34. The standard InChI is InChI=1S/C29H40N6O5/c1-7-19-13-20-14-21(30-16-23(20)31-15-19)10-11-29(5,6)28(40)33-24(17(2)3)25(36)32-18(4)26(37)35-12-8-9-22(34-35)27(38)39/h10-11,13-18,22,24,34H,7-9,12H2,1-6H3,(H,32,36)(H,33,40)(H,38,39). The molecule has 0 saturated carbocycles. The van der Waals surface area contributed by atoms with Crippen molar-refractivity contribution in [2.75, 3.05) is 6.54 Å². The molecular formula is C29H40N6O5. The Balaban J connectivity index is 1.65. The van der Waals surface area contributed by atoms with Crippen molar-refractivity contribution in [1.29, 1.82) is 0 Å². The average molecular weight is 553 g/mol. The number of aliphatic carboxylic acids is 1. The van der Waals surface area contributed by atoms with E-state index in [1.807, 2.05) is 12.3 Å². The van der Waals surface area contributed by atoms with Crippen LogP contribution in [0.5, 0.6) is 0 Å². The van der Waals surface area contributed by atoms with Crippen LogP contribution in [0.2, 0.25) is 0 Å². The lowest BCUT2D eigenvalue weighted by molar-refractivity contribution is -0.148. The molecule has 1 saturated heterocycles. The third-order valence-corrected chi connectivity index (χ3v) is 7.02. The van der Waals surface area contributed by atoms with Crippen LogP contribution in [0.1, 0.15) is 65.6 Å². The third kappa shape index (κ3) is 7.62. The number of carbonyl (C=O) groups is 4. The van der Waals surface area contributed by atoms with Crippen LogP contribution >= 0.6 is 0 Å². The first-order chi connectivity index (χ1) is 18.8. The summed E-state index contributed by atoms with van der Waals surface area (Å²) in [4.78, 5) is 59.4. The Kier molecular flexibility index (Phi) is 9.97. The molecule has 4 N–H and O–H groups in total. The van der Waals surface area contributed by atoms with Gasteiger partial charge in [-0.15, -0.1) is 0 Å². The van der Waals surface area contributed by atoms with Crippen molar-refractivity contribution in [2.45, 2.75) is 78.9 Å². The molecule has 11 nitrogen and oxygen atoms in total. The van der Waals surface area contributed by atoms with Crippen LogP contribution in [0.15, 0.2) is 30.6 Å². The highest BCUT2D eigenvalue weighted by molar-refractivity contribution is 5.94. The van der Waals surface area contributed by atoms with Crippen LogP contribution in [-0.2, 0) is 25.6 Å². The first kappa shape index (κ1) is 30.7. The number of hydrogen-bond donors (Lipinski definition) is 4. The number of hydrogen-bond acceptors (Lipinski definition) is 7. The van der Waals surface area contributed by atoms with Gasteiger partial charge in [0.2, 0.25) is 11.8 Å². The second-order valence-electron chi connectivity index (χ2n) is 11.1. The van der Waals surface area contributed by atoms with E-state index in [1.54, 1.807) is 46.0 Å². The Morgan fingerprint density at radius 1 is 1.15 bits per heavy atom. The van der Waals surface area contributed by atoms with Gasteiger partial charge in [-0.2, -0.15) is 0 Å². The fraction of sp³-hybridized carbons (Fsp3) is 0.517. The summed E-state index contributed by atoms with van der Waals surface area (Å²) in [7, 11) is 0. The number of rotatable bonds is 10. The summed E-state index contributed by atoms with van der Waals surface area (Å²) in [6, 6.07) is 1.34. The first-order valence-corrected chi connectivity index (χ1v) is 13.7. The molecule has 216 valence electrons. The van der Waals surface area contributed by atoms with Gasteiger partial charge in [0.25, 0.3) is 5.91 Å².